The second-order valence-corrected chi connectivity index (χ2v) is 8.29. The van der Waals surface area contributed by atoms with Gasteiger partial charge in [-0.15, -0.1) is 0 Å². The number of methoxy groups -OCH3 is 1. The first-order valence-corrected chi connectivity index (χ1v) is 10.6. The molecule has 4 rings (SSSR count). The van der Waals surface area contributed by atoms with Crippen LogP contribution in [0, 0.1) is 0 Å². The summed E-state index contributed by atoms with van der Waals surface area (Å²) in [5, 5.41) is 17.3. The number of rotatable bonds is 6. The molecule has 180 valence electrons. The number of aromatic nitrogens is 3. The summed E-state index contributed by atoms with van der Waals surface area (Å²) in [6.07, 6.45) is -1.29. The highest BCUT2D eigenvalue weighted by Gasteiger charge is 2.36. The first-order valence-electron chi connectivity index (χ1n) is 10.2. The highest BCUT2D eigenvalue weighted by atomic mass is 35.5. The summed E-state index contributed by atoms with van der Waals surface area (Å²) in [6, 6.07) is 4.61. The molecule has 8 nitrogen and oxygen atoms in total. The number of aliphatic hydroxyl groups is 1. The van der Waals surface area contributed by atoms with Crippen molar-refractivity contribution in [3.63, 3.8) is 0 Å². The maximum absolute atomic E-state index is 13.3. The average molecular weight is 496 g/mol. The third-order valence-electron chi connectivity index (χ3n) is 5.41. The molecule has 0 bridgehead atoms. The fourth-order valence-electron chi connectivity index (χ4n) is 3.83. The number of benzene rings is 1. The monoisotopic (exact) mass is 495 g/mol. The van der Waals surface area contributed by atoms with Crippen molar-refractivity contribution in [2.45, 2.75) is 32.0 Å². The topological polar surface area (TPSA) is 92.5 Å². The van der Waals surface area contributed by atoms with Crippen LogP contribution in [0.5, 0.6) is 0 Å². The number of carbonyl (C=O) groups excluding carboxylic acids is 1. The number of halogens is 4. The van der Waals surface area contributed by atoms with E-state index in [1.165, 1.54) is 28.0 Å². The molecular weight excluding hydrogens is 475 g/mol. The first kappa shape index (κ1) is 24.0. The molecule has 2 atom stereocenters. The van der Waals surface area contributed by atoms with Gasteiger partial charge in [0, 0.05) is 37.3 Å². The minimum absolute atomic E-state index is 0.162. The zero-order chi connectivity index (χ0) is 24.6. The van der Waals surface area contributed by atoms with Crippen molar-refractivity contribution in [1.29, 1.82) is 0 Å². The van der Waals surface area contributed by atoms with Crippen LogP contribution in [0.15, 0.2) is 42.9 Å². The van der Waals surface area contributed by atoms with Crippen molar-refractivity contribution in [3.05, 3.63) is 70.3 Å². The van der Waals surface area contributed by atoms with Crippen molar-refractivity contribution in [1.82, 2.24) is 14.8 Å². The van der Waals surface area contributed by atoms with Crippen molar-refractivity contribution in [3.8, 4) is 0 Å². The van der Waals surface area contributed by atoms with E-state index in [1.807, 2.05) is 6.92 Å². The Morgan fingerprint density at radius 3 is 2.74 bits per heavy atom. The van der Waals surface area contributed by atoms with Crippen LogP contribution in [-0.2, 0) is 17.5 Å². The van der Waals surface area contributed by atoms with E-state index in [0.717, 1.165) is 17.7 Å². The zero-order valence-electron chi connectivity index (χ0n) is 18.2. The normalized spacial score (nSPS) is 17.0. The van der Waals surface area contributed by atoms with E-state index in [1.54, 1.807) is 19.4 Å². The molecule has 1 aliphatic rings. The standard InChI is InChI=1S/C22H21ClF3N5O3/c1-12-10-30(15-3-4-16(17(23)6-15)22(24,25)26)21(33)19-18(9-28-31(12)19)29-20(32)14-5-13(11-34-2)7-27-8-14/h3-9,12,20,29,32H,10-11H2,1-2H3/t12-,20?/m0/s1. The van der Waals surface area contributed by atoms with Gasteiger partial charge in [0.1, 0.15) is 5.69 Å². The summed E-state index contributed by atoms with van der Waals surface area (Å²) in [7, 11) is 1.54. The quantitative estimate of drug-likeness (QED) is 0.492. The zero-order valence-corrected chi connectivity index (χ0v) is 18.9. The van der Waals surface area contributed by atoms with Gasteiger partial charge in [-0.25, -0.2) is 0 Å². The number of carbonyl (C=O) groups is 1. The summed E-state index contributed by atoms with van der Waals surface area (Å²) in [5.41, 5.74) is 0.893. The Hall–Kier alpha value is -3.15. The van der Waals surface area contributed by atoms with Crippen LogP contribution in [0.4, 0.5) is 24.5 Å². The van der Waals surface area contributed by atoms with E-state index in [-0.39, 0.29) is 29.7 Å². The molecule has 0 saturated carbocycles. The highest BCUT2D eigenvalue weighted by Crippen LogP contribution is 2.38. The summed E-state index contributed by atoms with van der Waals surface area (Å²) < 4.78 is 45.8. The van der Waals surface area contributed by atoms with Gasteiger partial charge in [-0.3, -0.25) is 14.5 Å². The third kappa shape index (κ3) is 4.59. The molecule has 1 unspecified atom stereocenters. The summed E-state index contributed by atoms with van der Waals surface area (Å²) in [5.74, 6) is -0.493. The lowest BCUT2D eigenvalue weighted by Crippen LogP contribution is -2.43. The Morgan fingerprint density at radius 2 is 2.06 bits per heavy atom. The molecule has 0 aliphatic carbocycles. The minimum Gasteiger partial charge on any atom is -0.380 e. The van der Waals surface area contributed by atoms with E-state index >= 15 is 0 Å². The molecule has 34 heavy (non-hydrogen) atoms. The van der Waals surface area contributed by atoms with Crippen molar-refractivity contribution in [2.75, 3.05) is 23.9 Å². The molecule has 0 radical (unpaired) electrons. The number of ether oxygens (including phenoxy) is 1. The lowest BCUT2D eigenvalue weighted by molar-refractivity contribution is -0.137. The second-order valence-electron chi connectivity index (χ2n) is 7.88. The largest absolute Gasteiger partial charge is 0.417 e. The summed E-state index contributed by atoms with van der Waals surface area (Å²) in [4.78, 5) is 18.8. The van der Waals surface area contributed by atoms with Crippen molar-refractivity contribution >= 4 is 28.9 Å². The number of alkyl halides is 3. The molecule has 3 aromatic rings. The maximum atomic E-state index is 13.3. The second kappa shape index (κ2) is 9.24. The Labute approximate surface area is 197 Å². The minimum atomic E-state index is -4.60. The Kier molecular flexibility index (Phi) is 6.52. The van der Waals surface area contributed by atoms with Gasteiger partial charge in [-0.1, -0.05) is 11.6 Å². The van der Waals surface area contributed by atoms with E-state index in [0.29, 0.717) is 12.2 Å². The molecular formula is C22H21ClF3N5O3. The van der Waals surface area contributed by atoms with Gasteiger partial charge in [-0.05, 0) is 36.8 Å². The van der Waals surface area contributed by atoms with E-state index in [4.69, 9.17) is 16.3 Å². The third-order valence-corrected chi connectivity index (χ3v) is 5.72. The number of amides is 1. The number of hydrogen-bond donors (Lipinski definition) is 2. The number of hydrogen-bond acceptors (Lipinski definition) is 6. The molecule has 1 aromatic carbocycles. The predicted molar refractivity (Wildman–Crippen MR) is 119 cm³/mol. The molecule has 12 heteroatoms. The van der Waals surface area contributed by atoms with Crippen LogP contribution < -0.4 is 10.2 Å². The van der Waals surface area contributed by atoms with Crippen LogP contribution in [0.1, 0.15) is 46.4 Å². The molecule has 2 aromatic heterocycles. The molecule has 2 N–H and O–H groups in total. The van der Waals surface area contributed by atoms with Crippen LogP contribution in [0.3, 0.4) is 0 Å². The van der Waals surface area contributed by atoms with Crippen LogP contribution in [0.2, 0.25) is 5.02 Å². The van der Waals surface area contributed by atoms with Crippen LogP contribution in [0.25, 0.3) is 0 Å². The number of aliphatic hydroxyl groups excluding tert-OH is 1. The van der Waals surface area contributed by atoms with Crippen molar-refractivity contribution < 1.29 is 27.8 Å². The predicted octanol–water partition coefficient (Wildman–Crippen LogP) is 4.42. The highest BCUT2D eigenvalue weighted by molar-refractivity contribution is 6.31. The number of pyridine rings is 1. The maximum Gasteiger partial charge on any atom is 0.417 e. The molecule has 1 amide bonds. The van der Waals surface area contributed by atoms with Gasteiger partial charge in [0.05, 0.1) is 35.1 Å². The summed E-state index contributed by atoms with van der Waals surface area (Å²) in [6.45, 7) is 2.32. The lowest BCUT2D eigenvalue weighted by Gasteiger charge is -2.32. The number of anilines is 2. The van der Waals surface area contributed by atoms with Gasteiger partial charge >= 0.3 is 6.18 Å². The fourth-order valence-corrected chi connectivity index (χ4v) is 4.11. The molecule has 0 fully saturated rings. The lowest BCUT2D eigenvalue weighted by atomic mass is 10.1. The van der Waals surface area contributed by atoms with Gasteiger partial charge in [0.25, 0.3) is 5.91 Å². The first-order chi connectivity index (χ1) is 16.1. The van der Waals surface area contributed by atoms with Gasteiger partial charge in [0.15, 0.2) is 6.23 Å². The average Bonchev–Trinajstić information content (AvgIpc) is 3.20. The molecule has 0 spiro atoms. The Balaban J connectivity index is 1.62. The smallest absolute Gasteiger partial charge is 0.380 e. The van der Waals surface area contributed by atoms with E-state index in [2.05, 4.69) is 15.4 Å². The molecule has 3 heterocycles. The molecule has 0 saturated heterocycles. The van der Waals surface area contributed by atoms with E-state index < -0.39 is 28.9 Å². The van der Waals surface area contributed by atoms with Crippen molar-refractivity contribution in [2.24, 2.45) is 0 Å². The number of nitrogens with one attached hydrogen (secondary N) is 1. The van der Waals surface area contributed by atoms with E-state index in [9.17, 15) is 23.1 Å². The molecule has 1 aliphatic heterocycles. The Bertz CT molecular complexity index is 1220. The summed E-state index contributed by atoms with van der Waals surface area (Å²) >= 11 is 5.86. The Morgan fingerprint density at radius 1 is 1.29 bits per heavy atom. The van der Waals surface area contributed by atoms with Gasteiger partial charge in [-0.2, -0.15) is 18.3 Å². The number of fused-ring (bicyclic) bond motifs is 1. The van der Waals surface area contributed by atoms with Gasteiger partial charge < -0.3 is 20.1 Å². The van der Waals surface area contributed by atoms with Crippen LogP contribution >= 0.6 is 11.6 Å². The van der Waals surface area contributed by atoms with Crippen LogP contribution in [-0.4, -0.2) is 39.4 Å². The SMILES string of the molecule is COCc1cncc(C(O)Nc2cnn3c2C(=O)N(c2ccc(C(F)(F)F)c(Cl)c2)C[C@@H]3C)c1. The van der Waals surface area contributed by atoms with Gasteiger partial charge in [0.2, 0.25) is 0 Å². The fraction of sp³-hybridized carbons (Fsp3) is 0.318. The number of nitrogens with zero attached hydrogens (tertiary/aromatic N) is 4.